The molecule has 0 aliphatic carbocycles. The number of halogens is 1. The normalized spacial score (nSPS) is 10.6. The van der Waals surface area contributed by atoms with Crippen LogP contribution >= 0.6 is 11.6 Å². The van der Waals surface area contributed by atoms with Gasteiger partial charge >= 0.3 is 0 Å². The third-order valence-corrected chi connectivity index (χ3v) is 5.53. The molecule has 4 rings (SSSR count). The van der Waals surface area contributed by atoms with E-state index in [1.54, 1.807) is 54.6 Å². The van der Waals surface area contributed by atoms with E-state index in [0.29, 0.717) is 39.0 Å². The third-order valence-electron chi connectivity index (χ3n) is 5.29. The van der Waals surface area contributed by atoms with Gasteiger partial charge in [-0.1, -0.05) is 11.6 Å². The van der Waals surface area contributed by atoms with Gasteiger partial charge in [-0.05, 0) is 60.7 Å². The molecule has 4 aromatic rings. The summed E-state index contributed by atoms with van der Waals surface area (Å²) in [5.41, 5.74) is 1.38. The lowest BCUT2D eigenvalue weighted by Crippen LogP contribution is -2.22. The van der Waals surface area contributed by atoms with Crippen molar-refractivity contribution in [1.82, 2.24) is 0 Å². The Hall–Kier alpha value is -4.50. The van der Waals surface area contributed by atoms with Gasteiger partial charge in [0.2, 0.25) is 17.1 Å². The van der Waals surface area contributed by atoms with Crippen LogP contribution in [0.5, 0.6) is 17.2 Å². The molecule has 0 saturated heterocycles. The Morgan fingerprint density at radius 2 is 1.57 bits per heavy atom. The highest BCUT2D eigenvalue weighted by molar-refractivity contribution is 6.31. The lowest BCUT2D eigenvalue weighted by molar-refractivity contribution is -0.118. The molecule has 0 radical (unpaired) electrons. The van der Waals surface area contributed by atoms with Crippen LogP contribution in [0.2, 0.25) is 5.02 Å². The summed E-state index contributed by atoms with van der Waals surface area (Å²) in [5, 5.41) is 5.89. The second-order valence-electron chi connectivity index (χ2n) is 7.90. The van der Waals surface area contributed by atoms with Gasteiger partial charge in [0.25, 0.3) is 5.91 Å². The van der Waals surface area contributed by atoms with E-state index in [-0.39, 0.29) is 22.8 Å². The molecular formula is C27H23ClN2O7. The molecular weight excluding hydrogens is 500 g/mol. The Labute approximate surface area is 216 Å². The predicted molar refractivity (Wildman–Crippen MR) is 141 cm³/mol. The third kappa shape index (κ3) is 5.84. The molecule has 0 unspecified atom stereocenters. The van der Waals surface area contributed by atoms with Crippen LogP contribution in [0.25, 0.3) is 22.3 Å². The average molecular weight is 523 g/mol. The zero-order valence-corrected chi connectivity index (χ0v) is 21.0. The van der Waals surface area contributed by atoms with Crippen LogP contribution in [0.15, 0.2) is 69.9 Å². The van der Waals surface area contributed by atoms with Crippen LogP contribution in [0.3, 0.4) is 0 Å². The molecule has 3 aromatic carbocycles. The molecule has 37 heavy (non-hydrogen) atoms. The van der Waals surface area contributed by atoms with Crippen LogP contribution in [0.4, 0.5) is 11.4 Å². The number of fused-ring (bicyclic) bond motifs is 1. The first-order valence-corrected chi connectivity index (χ1v) is 11.5. The number of methoxy groups -OCH3 is 2. The first kappa shape index (κ1) is 25.6. The fourth-order valence-corrected chi connectivity index (χ4v) is 3.80. The van der Waals surface area contributed by atoms with E-state index in [2.05, 4.69) is 10.6 Å². The zero-order chi connectivity index (χ0) is 26.5. The topological polar surface area (TPSA) is 116 Å². The predicted octanol–water partition coefficient (Wildman–Crippen LogP) is 5.11. The molecule has 0 saturated carbocycles. The van der Waals surface area contributed by atoms with Crippen molar-refractivity contribution in [2.45, 2.75) is 6.92 Å². The number of carbonyl (C=O) groups is 2. The van der Waals surface area contributed by atoms with Crippen molar-refractivity contribution in [3.63, 3.8) is 0 Å². The van der Waals surface area contributed by atoms with Crippen molar-refractivity contribution in [3.05, 3.63) is 75.9 Å². The Balaban J connectivity index is 1.65. The summed E-state index contributed by atoms with van der Waals surface area (Å²) < 4.78 is 22.4. The second-order valence-corrected chi connectivity index (χ2v) is 8.33. The molecule has 1 aromatic heterocycles. The molecule has 190 valence electrons. The van der Waals surface area contributed by atoms with Crippen LogP contribution in [0, 0.1) is 0 Å². The van der Waals surface area contributed by atoms with E-state index in [9.17, 15) is 14.4 Å². The minimum atomic E-state index is -0.504. The van der Waals surface area contributed by atoms with E-state index < -0.39 is 17.9 Å². The van der Waals surface area contributed by atoms with Crippen molar-refractivity contribution in [2.24, 2.45) is 0 Å². The van der Waals surface area contributed by atoms with Gasteiger partial charge in [-0.25, -0.2) is 0 Å². The van der Waals surface area contributed by atoms with Gasteiger partial charge in [0.05, 0.1) is 19.6 Å². The van der Waals surface area contributed by atoms with Crippen LogP contribution in [0.1, 0.15) is 6.92 Å². The molecule has 9 nitrogen and oxygen atoms in total. The van der Waals surface area contributed by atoms with Gasteiger partial charge in [-0.2, -0.15) is 0 Å². The summed E-state index contributed by atoms with van der Waals surface area (Å²) in [7, 11) is 3.00. The highest BCUT2D eigenvalue weighted by Crippen LogP contribution is 2.37. The first-order valence-electron chi connectivity index (χ1n) is 11.1. The number of hydrogen-bond acceptors (Lipinski definition) is 7. The minimum absolute atomic E-state index is 0.119. The Morgan fingerprint density at radius 1 is 0.892 bits per heavy atom. The van der Waals surface area contributed by atoms with E-state index in [4.69, 9.17) is 30.2 Å². The summed E-state index contributed by atoms with van der Waals surface area (Å²) >= 11 is 6.09. The number of benzene rings is 3. The number of anilines is 2. The summed E-state index contributed by atoms with van der Waals surface area (Å²) in [6.07, 6.45) is 0. The van der Waals surface area contributed by atoms with Crippen LogP contribution in [-0.2, 0) is 9.59 Å². The molecule has 0 aliphatic rings. The fourth-order valence-electron chi connectivity index (χ4n) is 3.62. The zero-order valence-electron chi connectivity index (χ0n) is 20.2. The minimum Gasteiger partial charge on any atom is -0.493 e. The second kappa shape index (κ2) is 11.0. The summed E-state index contributed by atoms with van der Waals surface area (Å²) in [5.74, 6) is 0.172. The SMILES string of the molecule is COc1ccc(-c2oc3ccc(Cl)cc3c(=O)c2OCC(=O)Nc2ccc(NC(C)=O)cc2)cc1OC. The molecule has 0 fully saturated rings. The number of carbonyl (C=O) groups excluding carboxylic acids is 2. The maximum Gasteiger partial charge on any atom is 0.262 e. The number of rotatable bonds is 8. The van der Waals surface area contributed by atoms with E-state index in [0.717, 1.165) is 0 Å². The Bertz CT molecular complexity index is 1530. The van der Waals surface area contributed by atoms with Crippen molar-refractivity contribution in [3.8, 4) is 28.6 Å². The maximum absolute atomic E-state index is 13.4. The molecule has 0 atom stereocenters. The smallest absolute Gasteiger partial charge is 0.262 e. The number of amides is 2. The molecule has 0 aliphatic heterocycles. The quantitative estimate of drug-likeness (QED) is 0.330. The molecule has 0 spiro atoms. The number of hydrogen-bond donors (Lipinski definition) is 2. The molecule has 10 heteroatoms. The summed E-state index contributed by atoms with van der Waals surface area (Å²) in [4.78, 5) is 37.2. The van der Waals surface area contributed by atoms with Crippen molar-refractivity contribution < 1.29 is 28.2 Å². The monoisotopic (exact) mass is 522 g/mol. The number of nitrogens with one attached hydrogen (secondary N) is 2. The Kier molecular flexibility index (Phi) is 7.64. The van der Waals surface area contributed by atoms with Crippen LogP contribution < -0.4 is 30.3 Å². The number of ether oxygens (including phenoxy) is 3. The maximum atomic E-state index is 13.4. The molecule has 0 bridgehead atoms. The van der Waals surface area contributed by atoms with Crippen LogP contribution in [-0.4, -0.2) is 32.6 Å². The van der Waals surface area contributed by atoms with Crippen molar-refractivity contribution >= 4 is 45.8 Å². The standard InChI is InChI=1S/C27H23ClN2O7/c1-15(31)29-18-6-8-19(9-7-18)30-24(32)14-36-27-25(33)20-13-17(28)5-11-21(20)37-26(27)16-4-10-22(34-2)23(12-16)35-3/h4-13H,14H2,1-3H3,(H,29,31)(H,30,32). The molecule has 2 amide bonds. The summed E-state index contributed by atoms with van der Waals surface area (Å²) in [6.45, 7) is 0.936. The van der Waals surface area contributed by atoms with Gasteiger partial charge in [0, 0.05) is 28.9 Å². The molecule has 1 heterocycles. The lowest BCUT2D eigenvalue weighted by atomic mass is 10.1. The van der Waals surface area contributed by atoms with E-state index in [1.807, 2.05) is 0 Å². The van der Waals surface area contributed by atoms with Crippen molar-refractivity contribution in [1.29, 1.82) is 0 Å². The fraction of sp³-hybridized carbons (Fsp3) is 0.148. The molecule has 2 N–H and O–H groups in total. The highest BCUT2D eigenvalue weighted by Gasteiger charge is 2.20. The van der Waals surface area contributed by atoms with Gasteiger partial charge in [-0.15, -0.1) is 0 Å². The van der Waals surface area contributed by atoms with Crippen molar-refractivity contribution in [2.75, 3.05) is 31.5 Å². The lowest BCUT2D eigenvalue weighted by Gasteiger charge is -2.14. The van der Waals surface area contributed by atoms with Gasteiger partial charge < -0.3 is 29.3 Å². The van der Waals surface area contributed by atoms with E-state index in [1.165, 1.54) is 27.2 Å². The first-order chi connectivity index (χ1) is 17.8. The van der Waals surface area contributed by atoms with Gasteiger partial charge in [0.1, 0.15) is 5.58 Å². The average Bonchev–Trinajstić information content (AvgIpc) is 2.88. The summed E-state index contributed by atoms with van der Waals surface area (Å²) in [6, 6.07) is 16.2. The van der Waals surface area contributed by atoms with E-state index >= 15 is 0 Å². The largest absolute Gasteiger partial charge is 0.493 e. The highest BCUT2D eigenvalue weighted by atomic mass is 35.5. The van der Waals surface area contributed by atoms with Gasteiger partial charge in [0.15, 0.2) is 23.9 Å². The Morgan fingerprint density at radius 3 is 2.22 bits per heavy atom. The van der Waals surface area contributed by atoms with Gasteiger partial charge in [-0.3, -0.25) is 14.4 Å².